The van der Waals surface area contributed by atoms with Crippen molar-refractivity contribution in [3.63, 3.8) is 0 Å². The van der Waals surface area contributed by atoms with E-state index in [0.717, 1.165) is 0 Å². The van der Waals surface area contributed by atoms with Crippen LogP contribution < -0.4 is 0 Å². The molecule has 0 aromatic heterocycles. The molecule has 2 fully saturated rings. The Morgan fingerprint density at radius 1 is 0.840 bits per heavy atom. The lowest BCUT2D eigenvalue weighted by molar-refractivity contribution is -0.0362. The van der Waals surface area contributed by atoms with Crippen LogP contribution in [0.4, 0.5) is 0 Å². The second kappa shape index (κ2) is 7.69. The Bertz CT molecular complexity index is 439. The minimum Gasteiger partial charge on any atom is -0.414 e. The van der Waals surface area contributed by atoms with Gasteiger partial charge in [0, 0.05) is 0 Å². The largest absolute Gasteiger partial charge is 0.414 e. The first-order valence-electron chi connectivity index (χ1n) is 9.83. The standard InChI is InChI=1S/C18H38O5Si2/c1-11(2)24(12(3)4)20-10-16-18(17(19)15(9)21-16)22-25(23-24,13(5)6)14(7)8/h11-19H,10H2,1-9H3/t15?,16-,17?,18+/m1/s1. The summed E-state index contributed by atoms with van der Waals surface area (Å²) in [7, 11) is -5.15. The molecule has 4 atom stereocenters. The zero-order chi connectivity index (χ0) is 19.2. The second-order valence-corrected chi connectivity index (χ2v) is 17.8. The van der Waals surface area contributed by atoms with Crippen LogP contribution in [0.1, 0.15) is 62.3 Å². The molecule has 0 spiro atoms. The Morgan fingerprint density at radius 2 is 1.32 bits per heavy atom. The molecule has 2 saturated heterocycles. The molecule has 0 aromatic rings. The summed E-state index contributed by atoms with van der Waals surface area (Å²) < 4.78 is 26.4. The van der Waals surface area contributed by atoms with Gasteiger partial charge in [-0.15, -0.1) is 0 Å². The minimum absolute atomic E-state index is 0.220. The lowest BCUT2D eigenvalue weighted by Gasteiger charge is -2.51. The number of hydrogen-bond acceptors (Lipinski definition) is 5. The van der Waals surface area contributed by atoms with Crippen LogP contribution in [0.5, 0.6) is 0 Å². The van der Waals surface area contributed by atoms with Gasteiger partial charge in [0.2, 0.25) is 0 Å². The van der Waals surface area contributed by atoms with Gasteiger partial charge in [0.25, 0.3) is 0 Å². The number of rotatable bonds is 4. The van der Waals surface area contributed by atoms with Gasteiger partial charge in [-0.3, -0.25) is 0 Å². The lowest BCUT2D eigenvalue weighted by atomic mass is 10.1. The number of aliphatic hydroxyl groups is 1. The molecule has 2 aliphatic heterocycles. The number of ether oxygens (including phenoxy) is 1. The van der Waals surface area contributed by atoms with Crippen molar-refractivity contribution in [1.29, 1.82) is 0 Å². The zero-order valence-electron chi connectivity index (χ0n) is 17.4. The van der Waals surface area contributed by atoms with E-state index in [2.05, 4.69) is 55.4 Å². The van der Waals surface area contributed by atoms with Crippen molar-refractivity contribution in [3.8, 4) is 0 Å². The summed E-state index contributed by atoms with van der Waals surface area (Å²) in [6.45, 7) is 19.9. The predicted octanol–water partition coefficient (Wildman–Crippen LogP) is 4.09. The summed E-state index contributed by atoms with van der Waals surface area (Å²) >= 11 is 0. The van der Waals surface area contributed by atoms with E-state index >= 15 is 0 Å². The second-order valence-electron chi connectivity index (χ2n) is 8.93. The minimum atomic E-state index is -2.64. The number of hydrogen-bond donors (Lipinski definition) is 1. The van der Waals surface area contributed by atoms with Gasteiger partial charge in [-0.1, -0.05) is 55.4 Å². The summed E-state index contributed by atoms with van der Waals surface area (Å²) in [6, 6.07) is 0. The molecule has 148 valence electrons. The highest BCUT2D eigenvalue weighted by atomic mass is 28.5. The topological polar surface area (TPSA) is 57.2 Å². The summed E-state index contributed by atoms with van der Waals surface area (Å²) in [6.07, 6.45) is -1.45. The number of fused-ring (bicyclic) bond motifs is 1. The molecule has 0 saturated carbocycles. The smallest absolute Gasteiger partial charge is 0.335 e. The van der Waals surface area contributed by atoms with Crippen molar-refractivity contribution in [2.24, 2.45) is 0 Å². The van der Waals surface area contributed by atoms with Crippen LogP contribution in [0, 0.1) is 0 Å². The van der Waals surface area contributed by atoms with Crippen LogP contribution in [-0.2, 0) is 17.7 Å². The average Bonchev–Trinajstić information content (AvgIpc) is 2.73. The van der Waals surface area contributed by atoms with Crippen LogP contribution in [0.25, 0.3) is 0 Å². The van der Waals surface area contributed by atoms with E-state index in [1.54, 1.807) is 0 Å². The van der Waals surface area contributed by atoms with Gasteiger partial charge in [0.05, 0.1) is 12.7 Å². The van der Waals surface area contributed by atoms with Crippen molar-refractivity contribution >= 4 is 17.1 Å². The molecule has 25 heavy (non-hydrogen) atoms. The zero-order valence-corrected chi connectivity index (χ0v) is 19.4. The third-order valence-corrected chi connectivity index (χ3v) is 16.2. The van der Waals surface area contributed by atoms with Crippen LogP contribution in [-0.4, -0.2) is 53.3 Å². The van der Waals surface area contributed by atoms with Crippen LogP contribution in [0.2, 0.25) is 22.2 Å². The maximum Gasteiger partial charge on any atom is 0.335 e. The summed E-state index contributed by atoms with van der Waals surface area (Å²) in [5.74, 6) is 0. The fraction of sp³-hybridized carbons (Fsp3) is 1.00. The predicted molar refractivity (Wildman–Crippen MR) is 104 cm³/mol. The van der Waals surface area contributed by atoms with Crippen molar-refractivity contribution in [2.45, 2.75) is 109 Å². The van der Waals surface area contributed by atoms with Gasteiger partial charge in [-0.2, -0.15) is 0 Å². The molecule has 0 aliphatic carbocycles. The summed E-state index contributed by atoms with van der Waals surface area (Å²) in [5.41, 5.74) is 1.17. The first-order valence-corrected chi connectivity index (χ1v) is 13.8. The third-order valence-electron chi connectivity index (χ3n) is 5.90. The van der Waals surface area contributed by atoms with Gasteiger partial charge < -0.3 is 22.8 Å². The highest BCUT2D eigenvalue weighted by Gasteiger charge is 2.61. The fourth-order valence-electron chi connectivity index (χ4n) is 4.34. The highest BCUT2D eigenvalue weighted by Crippen LogP contribution is 2.47. The van der Waals surface area contributed by atoms with Crippen molar-refractivity contribution in [2.75, 3.05) is 6.61 Å². The normalized spacial score (nSPS) is 35.3. The maximum absolute atomic E-state index is 10.6. The van der Waals surface area contributed by atoms with Gasteiger partial charge in [0.1, 0.15) is 18.3 Å². The first kappa shape index (κ1) is 21.5. The van der Waals surface area contributed by atoms with Crippen molar-refractivity contribution < 1.29 is 22.8 Å². The fourth-order valence-corrected chi connectivity index (χ4v) is 15.6. The van der Waals surface area contributed by atoms with E-state index < -0.39 is 23.2 Å². The van der Waals surface area contributed by atoms with Crippen molar-refractivity contribution in [3.05, 3.63) is 0 Å². The highest BCUT2D eigenvalue weighted by molar-refractivity contribution is 6.83. The first-order chi connectivity index (χ1) is 11.5. The number of aliphatic hydroxyl groups excluding tert-OH is 1. The molecule has 1 N–H and O–H groups in total. The molecule has 0 radical (unpaired) electrons. The van der Waals surface area contributed by atoms with E-state index in [0.29, 0.717) is 17.7 Å². The Balaban J connectivity index is 2.53. The van der Waals surface area contributed by atoms with Crippen LogP contribution in [0.3, 0.4) is 0 Å². The molecule has 2 aliphatic rings. The van der Waals surface area contributed by atoms with E-state index in [1.807, 2.05) is 6.92 Å². The maximum atomic E-state index is 10.6. The molecule has 0 aromatic carbocycles. The van der Waals surface area contributed by atoms with E-state index in [-0.39, 0.29) is 29.4 Å². The Labute approximate surface area is 155 Å². The molecule has 0 amide bonds. The molecule has 2 unspecified atom stereocenters. The SMILES string of the molecule is CC1O[C@@H]2CO[Si](C(C)C)(C(C)C)O[Si](C(C)C)(C(C)C)O[C@@H]2C1O. The molecule has 0 bridgehead atoms. The molecule has 7 heteroatoms. The summed E-state index contributed by atoms with van der Waals surface area (Å²) in [4.78, 5) is 0. The molecule has 2 heterocycles. The van der Waals surface area contributed by atoms with E-state index in [1.165, 1.54) is 0 Å². The van der Waals surface area contributed by atoms with Gasteiger partial charge >= 0.3 is 17.1 Å². The average molecular weight is 391 g/mol. The molecular formula is C18H38O5Si2. The van der Waals surface area contributed by atoms with E-state index in [9.17, 15) is 5.11 Å². The quantitative estimate of drug-likeness (QED) is 0.733. The Kier molecular flexibility index (Phi) is 6.63. The Morgan fingerprint density at radius 3 is 1.76 bits per heavy atom. The molecule has 2 rings (SSSR count). The van der Waals surface area contributed by atoms with Crippen LogP contribution in [0.15, 0.2) is 0 Å². The van der Waals surface area contributed by atoms with E-state index in [4.69, 9.17) is 17.7 Å². The Hall–Kier alpha value is 0.234. The third kappa shape index (κ3) is 3.66. The van der Waals surface area contributed by atoms with Gasteiger partial charge in [0.15, 0.2) is 0 Å². The molecular weight excluding hydrogens is 352 g/mol. The van der Waals surface area contributed by atoms with Crippen LogP contribution >= 0.6 is 0 Å². The lowest BCUT2D eigenvalue weighted by Crippen LogP contribution is -2.65. The van der Waals surface area contributed by atoms with Gasteiger partial charge in [-0.05, 0) is 29.1 Å². The van der Waals surface area contributed by atoms with Crippen molar-refractivity contribution in [1.82, 2.24) is 0 Å². The monoisotopic (exact) mass is 390 g/mol. The van der Waals surface area contributed by atoms with Gasteiger partial charge in [-0.25, -0.2) is 0 Å². The molecule has 5 nitrogen and oxygen atoms in total. The summed E-state index contributed by atoms with van der Waals surface area (Å²) in [5, 5.41) is 10.6.